The Labute approximate surface area is 126 Å². The fraction of sp³-hybridized carbons (Fsp3) is 0. The number of nitrogens with zero attached hydrogens (tertiary/aromatic N) is 2. The van der Waals surface area contributed by atoms with E-state index in [1.165, 1.54) is 23.0 Å². The molecule has 0 atom stereocenters. The molecule has 0 aliphatic carbocycles. The lowest BCUT2D eigenvalue weighted by Gasteiger charge is -2.08. The highest BCUT2D eigenvalue weighted by Gasteiger charge is 2.19. The van der Waals surface area contributed by atoms with E-state index in [0.717, 1.165) is 12.1 Å². The average molecular weight is 321 g/mol. The lowest BCUT2D eigenvalue weighted by atomic mass is 10.2. The lowest BCUT2D eigenvalue weighted by molar-refractivity contribution is 0.102. The fourth-order valence-corrected chi connectivity index (χ4v) is 2.80. The number of nitrogen functional groups attached to an aromatic ring is 2. The Morgan fingerprint density at radius 1 is 1.23 bits per heavy atom. The third-order valence-corrected chi connectivity index (χ3v) is 3.98. The van der Waals surface area contributed by atoms with Gasteiger partial charge < -0.3 is 16.8 Å². The van der Waals surface area contributed by atoms with Crippen LogP contribution in [-0.4, -0.2) is 15.9 Å². The molecular formula is C13H9F2N5OS. The molecule has 2 aromatic heterocycles. The first-order valence-corrected chi connectivity index (χ1v) is 6.89. The van der Waals surface area contributed by atoms with Crippen molar-refractivity contribution in [1.29, 1.82) is 0 Å². The summed E-state index contributed by atoms with van der Waals surface area (Å²) in [7, 11) is 0. The Morgan fingerprint density at radius 3 is 2.77 bits per heavy atom. The molecule has 22 heavy (non-hydrogen) atoms. The summed E-state index contributed by atoms with van der Waals surface area (Å²) in [5.41, 5.74) is 10.6. The summed E-state index contributed by atoms with van der Waals surface area (Å²) in [5, 5.41) is 3.66. The minimum Gasteiger partial charge on any atom is -0.396 e. The van der Waals surface area contributed by atoms with Gasteiger partial charge >= 0.3 is 0 Å². The Balaban J connectivity index is 2.01. The molecule has 0 saturated carbocycles. The van der Waals surface area contributed by atoms with Crippen LogP contribution in [0.3, 0.4) is 0 Å². The van der Waals surface area contributed by atoms with Gasteiger partial charge in [0.1, 0.15) is 23.6 Å². The van der Waals surface area contributed by atoms with Crippen LogP contribution in [0.1, 0.15) is 10.4 Å². The predicted octanol–water partition coefficient (Wildman–Crippen LogP) is 2.39. The Kier molecular flexibility index (Phi) is 3.33. The van der Waals surface area contributed by atoms with Crippen molar-refractivity contribution in [3.05, 3.63) is 41.0 Å². The standard InChI is InChI=1S/C13H9F2N5OS/c14-6-1-2-7(16)8(15)10(6)20-13(21)5-3-22-11-9(5)18-4-19-12(11)17/h1-4H,16H2,(H,20,21)(H2,17,18,19). The van der Waals surface area contributed by atoms with Crippen molar-refractivity contribution in [3.8, 4) is 0 Å². The second kappa shape index (κ2) is 5.19. The van der Waals surface area contributed by atoms with E-state index in [1.54, 1.807) is 0 Å². The quantitative estimate of drug-likeness (QED) is 0.628. The number of amides is 1. The van der Waals surface area contributed by atoms with Crippen LogP contribution in [0, 0.1) is 11.6 Å². The van der Waals surface area contributed by atoms with Gasteiger partial charge in [0, 0.05) is 5.38 Å². The number of nitrogens with one attached hydrogen (secondary N) is 1. The Morgan fingerprint density at radius 2 is 2.00 bits per heavy atom. The number of aromatic nitrogens is 2. The van der Waals surface area contributed by atoms with E-state index < -0.39 is 23.2 Å². The SMILES string of the molecule is Nc1ccc(F)c(NC(=O)c2csc3c(N)ncnc23)c1F. The van der Waals surface area contributed by atoms with Gasteiger partial charge in [-0.25, -0.2) is 18.7 Å². The van der Waals surface area contributed by atoms with Crippen molar-refractivity contribution >= 4 is 44.7 Å². The first kappa shape index (κ1) is 14.1. The van der Waals surface area contributed by atoms with Gasteiger partial charge in [-0.1, -0.05) is 0 Å². The number of hydrogen-bond donors (Lipinski definition) is 3. The maximum absolute atomic E-state index is 13.8. The molecule has 0 bridgehead atoms. The molecule has 9 heteroatoms. The average Bonchev–Trinajstić information content (AvgIpc) is 2.93. The molecule has 0 spiro atoms. The van der Waals surface area contributed by atoms with Crippen molar-refractivity contribution < 1.29 is 13.6 Å². The van der Waals surface area contributed by atoms with Gasteiger partial charge in [-0.2, -0.15) is 0 Å². The van der Waals surface area contributed by atoms with E-state index in [1.807, 2.05) is 0 Å². The predicted molar refractivity (Wildman–Crippen MR) is 80.6 cm³/mol. The van der Waals surface area contributed by atoms with E-state index in [2.05, 4.69) is 15.3 Å². The molecule has 0 saturated heterocycles. The lowest BCUT2D eigenvalue weighted by Crippen LogP contribution is -2.15. The fourth-order valence-electron chi connectivity index (χ4n) is 1.89. The first-order valence-electron chi connectivity index (χ1n) is 6.01. The van der Waals surface area contributed by atoms with E-state index in [-0.39, 0.29) is 17.1 Å². The molecule has 3 rings (SSSR count). The highest BCUT2D eigenvalue weighted by molar-refractivity contribution is 7.18. The molecule has 1 amide bonds. The summed E-state index contributed by atoms with van der Waals surface area (Å²) < 4.78 is 28.0. The number of halogens is 2. The molecule has 112 valence electrons. The van der Waals surface area contributed by atoms with Crippen LogP contribution >= 0.6 is 11.3 Å². The van der Waals surface area contributed by atoms with Crippen molar-refractivity contribution in [1.82, 2.24) is 9.97 Å². The van der Waals surface area contributed by atoms with Gasteiger partial charge in [-0.15, -0.1) is 11.3 Å². The molecule has 0 fully saturated rings. The number of anilines is 3. The van der Waals surface area contributed by atoms with E-state index in [0.29, 0.717) is 10.2 Å². The van der Waals surface area contributed by atoms with Crippen molar-refractivity contribution in [2.45, 2.75) is 0 Å². The second-order valence-electron chi connectivity index (χ2n) is 4.37. The van der Waals surface area contributed by atoms with Gasteiger partial charge in [0.15, 0.2) is 5.82 Å². The van der Waals surface area contributed by atoms with Crippen molar-refractivity contribution in [2.75, 3.05) is 16.8 Å². The number of fused-ring (bicyclic) bond motifs is 1. The van der Waals surface area contributed by atoms with Crippen LogP contribution in [-0.2, 0) is 0 Å². The molecular weight excluding hydrogens is 312 g/mol. The number of carbonyl (C=O) groups excluding carboxylic acids is 1. The first-order chi connectivity index (χ1) is 10.5. The topological polar surface area (TPSA) is 107 Å². The van der Waals surface area contributed by atoms with Gasteiger partial charge in [-0.3, -0.25) is 4.79 Å². The number of hydrogen-bond acceptors (Lipinski definition) is 6. The zero-order chi connectivity index (χ0) is 15.9. The minimum atomic E-state index is -1.03. The zero-order valence-electron chi connectivity index (χ0n) is 10.9. The molecule has 3 aromatic rings. The van der Waals surface area contributed by atoms with Crippen LogP contribution < -0.4 is 16.8 Å². The maximum atomic E-state index is 13.8. The van der Waals surface area contributed by atoms with Crippen LogP contribution in [0.25, 0.3) is 10.2 Å². The normalized spacial score (nSPS) is 10.8. The van der Waals surface area contributed by atoms with E-state index in [9.17, 15) is 13.6 Å². The molecule has 5 N–H and O–H groups in total. The second-order valence-corrected chi connectivity index (χ2v) is 5.25. The Hall–Kier alpha value is -2.81. The molecule has 0 aliphatic rings. The van der Waals surface area contributed by atoms with Crippen LogP contribution in [0.15, 0.2) is 23.8 Å². The van der Waals surface area contributed by atoms with Crippen molar-refractivity contribution in [2.24, 2.45) is 0 Å². The summed E-state index contributed by atoms with van der Waals surface area (Å²) in [6, 6.07) is 2.05. The van der Waals surface area contributed by atoms with Gasteiger partial charge in [-0.05, 0) is 12.1 Å². The van der Waals surface area contributed by atoms with Gasteiger partial charge in [0.25, 0.3) is 5.91 Å². The number of benzene rings is 1. The summed E-state index contributed by atoms with van der Waals surface area (Å²) in [6.45, 7) is 0. The third kappa shape index (κ3) is 2.21. The molecule has 0 unspecified atom stereocenters. The maximum Gasteiger partial charge on any atom is 0.258 e. The highest BCUT2D eigenvalue weighted by Crippen LogP contribution is 2.29. The third-order valence-electron chi connectivity index (χ3n) is 2.99. The number of carbonyl (C=O) groups is 1. The number of nitrogens with two attached hydrogens (primary N) is 2. The van der Waals surface area contributed by atoms with Gasteiger partial charge in [0.2, 0.25) is 0 Å². The zero-order valence-corrected chi connectivity index (χ0v) is 11.7. The molecule has 0 radical (unpaired) electrons. The van der Waals surface area contributed by atoms with E-state index in [4.69, 9.17) is 11.5 Å². The van der Waals surface area contributed by atoms with Crippen LogP contribution in [0.5, 0.6) is 0 Å². The minimum absolute atomic E-state index is 0.148. The smallest absolute Gasteiger partial charge is 0.258 e. The van der Waals surface area contributed by atoms with Crippen LogP contribution in [0.2, 0.25) is 0 Å². The van der Waals surface area contributed by atoms with Gasteiger partial charge in [0.05, 0.1) is 21.5 Å². The molecule has 6 nitrogen and oxygen atoms in total. The Bertz CT molecular complexity index is 896. The van der Waals surface area contributed by atoms with Crippen molar-refractivity contribution in [3.63, 3.8) is 0 Å². The summed E-state index contributed by atoms with van der Waals surface area (Å²) in [5.74, 6) is -2.43. The largest absolute Gasteiger partial charge is 0.396 e. The number of rotatable bonds is 2. The van der Waals surface area contributed by atoms with Crippen LogP contribution in [0.4, 0.5) is 26.0 Å². The molecule has 0 aliphatic heterocycles. The molecule has 1 aromatic carbocycles. The summed E-state index contributed by atoms with van der Waals surface area (Å²) in [4.78, 5) is 20.0. The van der Waals surface area contributed by atoms with E-state index >= 15 is 0 Å². The highest BCUT2D eigenvalue weighted by atomic mass is 32.1. The monoisotopic (exact) mass is 321 g/mol. The summed E-state index contributed by atoms with van der Waals surface area (Å²) >= 11 is 1.17. The summed E-state index contributed by atoms with van der Waals surface area (Å²) in [6.07, 6.45) is 1.21. The molecule has 2 heterocycles. The number of thiophene rings is 1.